The molecule has 0 saturated carbocycles. The van der Waals surface area contributed by atoms with Crippen molar-refractivity contribution in [2.45, 2.75) is 26.6 Å². The van der Waals surface area contributed by atoms with Crippen LogP contribution in [0.2, 0.25) is 0 Å². The van der Waals surface area contributed by atoms with Crippen LogP contribution < -0.4 is 10.9 Å². The van der Waals surface area contributed by atoms with Crippen LogP contribution in [0.15, 0.2) is 76.1 Å². The van der Waals surface area contributed by atoms with Gasteiger partial charge in [0.1, 0.15) is 11.6 Å². The summed E-state index contributed by atoms with van der Waals surface area (Å²) in [6, 6.07) is 17.7. The van der Waals surface area contributed by atoms with Crippen LogP contribution in [0.3, 0.4) is 0 Å². The van der Waals surface area contributed by atoms with Gasteiger partial charge >= 0.3 is 0 Å². The molecule has 0 unspecified atom stereocenters. The predicted octanol–water partition coefficient (Wildman–Crippen LogP) is 4.65. The van der Waals surface area contributed by atoms with Crippen molar-refractivity contribution in [3.63, 3.8) is 0 Å². The minimum absolute atomic E-state index is 0.158. The molecule has 0 aliphatic heterocycles. The van der Waals surface area contributed by atoms with Crippen LogP contribution in [-0.2, 0) is 19.6 Å². The van der Waals surface area contributed by atoms with E-state index in [1.807, 2.05) is 48.2 Å². The molecule has 2 aromatic carbocycles. The van der Waals surface area contributed by atoms with E-state index in [1.54, 1.807) is 18.4 Å². The number of aryl methyl sites for hydroxylation is 1. The zero-order chi connectivity index (χ0) is 21.8. The Morgan fingerprint density at radius 3 is 2.68 bits per heavy atom. The second-order valence-electron chi connectivity index (χ2n) is 7.44. The number of aromatic amines is 1. The molecule has 0 amide bonds. The van der Waals surface area contributed by atoms with Gasteiger partial charge in [-0.05, 0) is 72.6 Å². The molecule has 0 bridgehead atoms. The Morgan fingerprint density at radius 1 is 1.13 bits per heavy atom. The van der Waals surface area contributed by atoms with Crippen molar-refractivity contribution < 1.29 is 8.81 Å². The van der Waals surface area contributed by atoms with Gasteiger partial charge in [-0.2, -0.15) is 0 Å². The molecule has 7 heteroatoms. The second kappa shape index (κ2) is 9.14. The lowest BCUT2D eigenvalue weighted by molar-refractivity contribution is 0.393. The largest absolute Gasteiger partial charge is 0.467 e. The van der Waals surface area contributed by atoms with E-state index in [2.05, 4.69) is 10.3 Å². The number of rotatable bonds is 6. The quantitative estimate of drug-likeness (QED) is 0.432. The molecule has 0 saturated heterocycles. The third kappa shape index (κ3) is 5.19. The van der Waals surface area contributed by atoms with Crippen molar-refractivity contribution in [3.8, 4) is 0 Å². The number of H-pyrrole nitrogens is 1. The topological polar surface area (TPSA) is 61.3 Å². The Morgan fingerprint density at radius 2 is 1.94 bits per heavy atom. The summed E-state index contributed by atoms with van der Waals surface area (Å²) in [5, 5.41) is 4.62. The Balaban J connectivity index is 1.60. The third-order valence-corrected chi connectivity index (χ3v) is 5.41. The fourth-order valence-electron chi connectivity index (χ4n) is 3.39. The minimum atomic E-state index is -0.296. The first kappa shape index (κ1) is 20.8. The molecule has 2 N–H and O–H groups in total. The van der Waals surface area contributed by atoms with E-state index < -0.39 is 0 Å². The molecule has 0 atom stereocenters. The third-order valence-electron chi connectivity index (χ3n) is 5.01. The Labute approximate surface area is 184 Å². The molecule has 2 aromatic heterocycles. The lowest BCUT2D eigenvalue weighted by Crippen LogP contribution is -2.39. The zero-order valence-electron chi connectivity index (χ0n) is 17.0. The smallest absolute Gasteiger partial charge is 0.253 e. The van der Waals surface area contributed by atoms with Crippen LogP contribution in [0.5, 0.6) is 0 Å². The highest BCUT2D eigenvalue weighted by molar-refractivity contribution is 7.80. The standard InChI is InChI=1S/C24H22FN3O2S/c1-16-4-9-22-18(11-16)12-19(23(29)27-22)15-28(14-17-5-7-20(25)8-6-17)24(31)26-13-21-3-2-10-30-21/h2-12H,13-15H2,1H3,(H,26,31)(H,27,29). The minimum Gasteiger partial charge on any atom is -0.467 e. The molecule has 31 heavy (non-hydrogen) atoms. The SMILES string of the molecule is Cc1ccc2[nH]c(=O)c(CN(Cc3ccc(F)cc3)C(=S)NCc3ccco3)cc2c1. The van der Waals surface area contributed by atoms with Gasteiger partial charge in [-0.3, -0.25) is 4.79 Å². The van der Waals surface area contributed by atoms with Crippen LogP contribution in [0.4, 0.5) is 4.39 Å². The predicted molar refractivity (Wildman–Crippen MR) is 123 cm³/mol. The van der Waals surface area contributed by atoms with Gasteiger partial charge in [0.25, 0.3) is 5.56 Å². The molecule has 0 fully saturated rings. The van der Waals surface area contributed by atoms with E-state index in [-0.39, 0.29) is 11.4 Å². The highest BCUT2D eigenvalue weighted by Crippen LogP contribution is 2.16. The molecule has 0 radical (unpaired) electrons. The maximum atomic E-state index is 13.3. The van der Waals surface area contributed by atoms with Gasteiger partial charge in [0, 0.05) is 17.6 Å². The number of hydrogen-bond donors (Lipinski definition) is 2. The Bertz CT molecular complexity index is 1250. The van der Waals surface area contributed by atoms with E-state index in [1.165, 1.54) is 12.1 Å². The summed E-state index contributed by atoms with van der Waals surface area (Å²) >= 11 is 5.62. The van der Waals surface area contributed by atoms with Crippen molar-refractivity contribution in [2.75, 3.05) is 0 Å². The maximum absolute atomic E-state index is 13.3. The van der Waals surface area contributed by atoms with Crippen molar-refractivity contribution in [1.82, 2.24) is 15.2 Å². The molecule has 4 rings (SSSR count). The van der Waals surface area contributed by atoms with Gasteiger partial charge in [-0.15, -0.1) is 0 Å². The number of fused-ring (bicyclic) bond motifs is 1. The average molecular weight is 436 g/mol. The highest BCUT2D eigenvalue weighted by Gasteiger charge is 2.15. The number of pyridine rings is 1. The van der Waals surface area contributed by atoms with Crippen LogP contribution in [-0.4, -0.2) is 15.0 Å². The summed E-state index contributed by atoms with van der Waals surface area (Å²) < 4.78 is 18.7. The number of nitrogens with one attached hydrogen (secondary N) is 2. The molecule has 5 nitrogen and oxygen atoms in total. The fraction of sp³-hybridized carbons (Fsp3) is 0.167. The molecule has 2 heterocycles. The summed E-state index contributed by atoms with van der Waals surface area (Å²) in [6.45, 7) is 3.17. The number of benzene rings is 2. The summed E-state index contributed by atoms with van der Waals surface area (Å²) in [6.07, 6.45) is 1.60. The molecular formula is C24H22FN3O2S. The molecule has 0 aliphatic carbocycles. The van der Waals surface area contributed by atoms with E-state index in [4.69, 9.17) is 16.6 Å². The first-order valence-corrected chi connectivity index (χ1v) is 10.3. The molecule has 0 spiro atoms. The lowest BCUT2D eigenvalue weighted by Gasteiger charge is -2.26. The first-order valence-electron chi connectivity index (χ1n) is 9.90. The van der Waals surface area contributed by atoms with Crippen LogP contribution in [0.1, 0.15) is 22.5 Å². The van der Waals surface area contributed by atoms with Crippen molar-refractivity contribution >= 4 is 28.2 Å². The summed E-state index contributed by atoms with van der Waals surface area (Å²) in [5.74, 6) is 0.457. The molecule has 0 aliphatic rings. The summed E-state index contributed by atoms with van der Waals surface area (Å²) in [4.78, 5) is 17.5. The number of aromatic nitrogens is 1. The first-order chi connectivity index (χ1) is 15.0. The number of halogens is 1. The maximum Gasteiger partial charge on any atom is 0.253 e. The van der Waals surface area contributed by atoms with Crippen molar-refractivity contribution in [2.24, 2.45) is 0 Å². The summed E-state index contributed by atoms with van der Waals surface area (Å²) in [5.41, 5.74) is 3.24. The monoisotopic (exact) mass is 435 g/mol. The van der Waals surface area contributed by atoms with E-state index >= 15 is 0 Å². The van der Waals surface area contributed by atoms with Gasteiger partial charge in [0.2, 0.25) is 0 Å². The average Bonchev–Trinajstić information content (AvgIpc) is 3.27. The van der Waals surface area contributed by atoms with E-state index in [0.717, 1.165) is 27.8 Å². The van der Waals surface area contributed by atoms with Gasteiger partial charge < -0.3 is 19.6 Å². The van der Waals surface area contributed by atoms with Gasteiger partial charge in [0.05, 0.1) is 19.4 Å². The number of nitrogens with zero attached hydrogens (tertiary/aromatic N) is 1. The molecule has 4 aromatic rings. The Kier molecular flexibility index (Phi) is 6.13. The van der Waals surface area contributed by atoms with E-state index in [9.17, 15) is 9.18 Å². The fourth-order valence-corrected chi connectivity index (χ4v) is 3.59. The molecular weight excluding hydrogens is 413 g/mol. The Hall–Kier alpha value is -3.45. The van der Waals surface area contributed by atoms with Crippen LogP contribution in [0.25, 0.3) is 10.9 Å². The summed E-state index contributed by atoms with van der Waals surface area (Å²) in [7, 11) is 0. The van der Waals surface area contributed by atoms with Crippen LogP contribution in [0, 0.1) is 12.7 Å². The van der Waals surface area contributed by atoms with Gasteiger partial charge in [0.15, 0.2) is 5.11 Å². The second-order valence-corrected chi connectivity index (χ2v) is 7.82. The lowest BCUT2D eigenvalue weighted by atomic mass is 10.1. The van der Waals surface area contributed by atoms with Crippen LogP contribution >= 0.6 is 12.2 Å². The molecule has 158 valence electrons. The normalized spacial score (nSPS) is 10.9. The van der Waals surface area contributed by atoms with E-state index in [0.29, 0.717) is 30.3 Å². The number of hydrogen-bond acceptors (Lipinski definition) is 3. The van der Waals surface area contributed by atoms with Crippen molar-refractivity contribution in [3.05, 3.63) is 106 Å². The zero-order valence-corrected chi connectivity index (χ0v) is 17.8. The van der Waals surface area contributed by atoms with Gasteiger partial charge in [-0.25, -0.2) is 4.39 Å². The number of thiocarbonyl (C=S) groups is 1. The van der Waals surface area contributed by atoms with Crippen molar-refractivity contribution in [1.29, 1.82) is 0 Å². The van der Waals surface area contributed by atoms with Gasteiger partial charge in [-0.1, -0.05) is 23.8 Å². The highest BCUT2D eigenvalue weighted by atomic mass is 32.1. The number of furan rings is 1.